The fraction of sp³-hybridized carbons (Fsp3) is 0.905. The molecule has 0 aromatic rings. The molecule has 0 aromatic carbocycles. The van der Waals surface area contributed by atoms with Gasteiger partial charge in [0, 0.05) is 19.1 Å². The van der Waals surface area contributed by atoms with E-state index < -0.39 is 6.16 Å². The molecule has 2 aliphatic rings. The number of hydrogen-bond acceptors (Lipinski definition) is 5. The molecule has 0 atom stereocenters. The largest absolute Gasteiger partial charge is 1.00 e. The molecule has 7 heteroatoms. The topological polar surface area (TPSA) is 78.8 Å². The van der Waals surface area contributed by atoms with Gasteiger partial charge in [0.15, 0.2) is 0 Å². The second-order valence-electron chi connectivity index (χ2n) is 7.64. The smallest absolute Gasteiger partial charge is 0.652 e. The zero-order valence-corrected chi connectivity index (χ0v) is 24.7. The fourth-order valence-electron chi connectivity index (χ4n) is 4.08. The molecule has 0 spiro atoms. The standard InChI is InChI=1S/C20H38N2.CH2O3.2K/c1-2-4-6-10-15-20(14-9-5-3-1)22-18-12-8-7-11-16-21-17-13-19-22;2-1(3)4;;/h16,20H,1-15,17-19H2;(H2,2,3,4);;/q;;2*+1/p-2. The Labute approximate surface area is 257 Å². The van der Waals surface area contributed by atoms with E-state index in [1.807, 2.05) is 0 Å². The van der Waals surface area contributed by atoms with Gasteiger partial charge in [-0.05, 0) is 57.4 Å². The SMILES string of the molecule is C1=NCCCN(C2CCCCCCCCCC2)CCCCC1.O=C([O-])[O-].[K+].[K+]. The van der Waals surface area contributed by atoms with Crippen LogP contribution in [0.1, 0.15) is 96.3 Å². The third-order valence-corrected chi connectivity index (χ3v) is 5.48. The molecule has 0 unspecified atom stereocenters. The summed E-state index contributed by atoms with van der Waals surface area (Å²) < 4.78 is 0. The van der Waals surface area contributed by atoms with E-state index in [0.717, 1.165) is 12.6 Å². The van der Waals surface area contributed by atoms with Gasteiger partial charge in [0.1, 0.15) is 0 Å². The first kappa shape index (κ1) is 32.4. The van der Waals surface area contributed by atoms with Crippen LogP contribution < -0.4 is 113 Å². The summed E-state index contributed by atoms with van der Waals surface area (Å²) in [5.41, 5.74) is 0. The van der Waals surface area contributed by atoms with Gasteiger partial charge in [-0.25, -0.2) is 0 Å². The van der Waals surface area contributed by atoms with Crippen molar-refractivity contribution in [1.29, 1.82) is 0 Å². The molecule has 0 aromatic heterocycles. The number of carbonyl (C=O) groups excluding carboxylic acids is 1. The van der Waals surface area contributed by atoms with Crippen LogP contribution in [0.2, 0.25) is 0 Å². The molecule has 1 aliphatic carbocycles. The fourth-order valence-corrected chi connectivity index (χ4v) is 4.08. The Hall–Kier alpha value is 2.17. The summed E-state index contributed by atoms with van der Waals surface area (Å²) in [5, 5.41) is 16.7. The van der Waals surface area contributed by atoms with Crippen molar-refractivity contribution >= 4 is 12.4 Å². The maximum Gasteiger partial charge on any atom is 1.00 e. The molecule has 1 saturated carbocycles. The van der Waals surface area contributed by atoms with Gasteiger partial charge < -0.3 is 19.9 Å². The zero-order chi connectivity index (χ0) is 18.9. The molecule has 0 bridgehead atoms. The normalized spacial score (nSPS) is 21.3. The van der Waals surface area contributed by atoms with Crippen LogP contribution in [0.3, 0.4) is 0 Å². The zero-order valence-electron chi connectivity index (χ0n) is 18.5. The molecule has 5 nitrogen and oxygen atoms in total. The van der Waals surface area contributed by atoms with Crippen LogP contribution in [-0.2, 0) is 0 Å². The molecular weight excluding hydrogens is 406 g/mol. The number of carbonyl (C=O) groups is 1. The first-order chi connectivity index (χ1) is 12.7. The Morgan fingerprint density at radius 2 is 1.21 bits per heavy atom. The number of hydrogen-bond donors (Lipinski definition) is 0. The van der Waals surface area contributed by atoms with Crippen LogP contribution >= 0.6 is 0 Å². The van der Waals surface area contributed by atoms with Crippen molar-refractivity contribution in [2.45, 2.75) is 102 Å². The Morgan fingerprint density at radius 3 is 1.79 bits per heavy atom. The van der Waals surface area contributed by atoms with Crippen molar-refractivity contribution in [3.8, 4) is 0 Å². The molecule has 1 heterocycles. The van der Waals surface area contributed by atoms with E-state index >= 15 is 0 Å². The van der Waals surface area contributed by atoms with Crippen molar-refractivity contribution in [3.63, 3.8) is 0 Å². The monoisotopic (exact) mass is 444 g/mol. The maximum atomic E-state index is 8.33. The van der Waals surface area contributed by atoms with Crippen molar-refractivity contribution in [2.24, 2.45) is 4.99 Å². The Balaban J connectivity index is 0. The second kappa shape index (κ2) is 23.8. The van der Waals surface area contributed by atoms with Gasteiger partial charge in [-0.3, -0.25) is 4.99 Å². The van der Waals surface area contributed by atoms with Crippen molar-refractivity contribution in [2.75, 3.05) is 19.6 Å². The molecule has 28 heavy (non-hydrogen) atoms. The van der Waals surface area contributed by atoms with Crippen LogP contribution in [0.25, 0.3) is 0 Å². The van der Waals surface area contributed by atoms with Gasteiger partial charge in [0.25, 0.3) is 0 Å². The molecule has 0 radical (unpaired) electrons. The summed E-state index contributed by atoms with van der Waals surface area (Å²) in [6.45, 7) is 3.66. The molecule has 0 saturated heterocycles. The minimum atomic E-state index is -2.33. The van der Waals surface area contributed by atoms with E-state index in [9.17, 15) is 0 Å². The van der Waals surface area contributed by atoms with E-state index in [2.05, 4.69) is 16.1 Å². The Morgan fingerprint density at radius 1 is 0.750 bits per heavy atom. The molecule has 0 amide bonds. The third kappa shape index (κ3) is 20.1. The van der Waals surface area contributed by atoms with Gasteiger partial charge in [-0.2, -0.15) is 0 Å². The third-order valence-electron chi connectivity index (χ3n) is 5.48. The molecule has 0 N–H and O–H groups in total. The van der Waals surface area contributed by atoms with E-state index in [1.54, 1.807) is 0 Å². The predicted octanol–water partition coefficient (Wildman–Crippen LogP) is -2.83. The summed E-state index contributed by atoms with van der Waals surface area (Å²) in [4.78, 5) is 15.8. The van der Waals surface area contributed by atoms with Crippen molar-refractivity contribution < 1.29 is 118 Å². The summed E-state index contributed by atoms with van der Waals surface area (Å²) in [6, 6.07) is 0.864. The molecule has 1 fully saturated rings. The number of aliphatic imine (C=N–C) groups is 1. The average Bonchev–Trinajstić information content (AvgIpc) is 2.70. The minimum Gasteiger partial charge on any atom is -0.652 e. The van der Waals surface area contributed by atoms with Gasteiger partial charge >= 0.3 is 103 Å². The van der Waals surface area contributed by atoms with Crippen molar-refractivity contribution in [3.05, 3.63) is 0 Å². The van der Waals surface area contributed by atoms with E-state index in [-0.39, 0.29) is 103 Å². The summed E-state index contributed by atoms with van der Waals surface area (Å²) >= 11 is 0. The quantitative estimate of drug-likeness (QED) is 0.409. The van der Waals surface area contributed by atoms with E-state index in [1.165, 1.54) is 109 Å². The van der Waals surface area contributed by atoms with Crippen LogP contribution in [0.4, 0.5) is 4.79 Å². The average molecular weight is 445 g/mol. The summed E-state index contributed by atoms with van der Waals surface area (Å²) in [7, 11) is 0. The summed E-state index contributed by atoms with van der Waals surface area (Å²) in [6.07, 6.45) is 21.1. The molecule has 1 aliphatic heterocycles. The predicted molar refractivity (Wildman–Crippen MR) is 103 cm³/mol. The van der Waals surface area contributed by atoms with E-state index in [0.29, 0.717) is 0 Å². The minimum absolute atomic E-state index is 0. The molecule has 152 valence electrons. The second-order valence-corrected chi connectivity index (χ2v) is 7.64. The van der Waals surface area contributed by atoms with Crippen molar-refractivity contribution in [1.82, 2.24) is 4.90 Å². The van der Waals surface area contributed by atoms with Crippen LogP contribution in [0.15, 0.2) is 4.99 Å². The number of carboxylic acid groups (broad SMARTS) is 2. The first-order valence-electron chi connectivity index (χ1n) is 10.8. The van der Waals surface area contributed by atoms with Crippen LogP contribution in [0, 0.1) is 0 Å². The van der Waals surface area contributed by atoms with Gasteiger partial charge in [-0.1, -0.05) is 57.8 Å². The van der Waals surface area contributed by atoms with Crippen LogP contribution in [0.5, 0.6) is 0 Å². The molecular formula is C21H38K2N2O3. The first-order valence-corrected chi connectivity index (χ1v) is 10.8. The number of nitrogens with zero attached hydrogens (tertiary/aromatic N) is 2. The maximum absolute atomic E-state index is 8.33. The Bertz CT molecular complexity index is 369. The van der Waals surface area contributed by atoms with Gasteiger partial charge in [0.2, 0.25) is 0 Å². The Kier molecular flexibility index (Phi) is 27.5. The summed E-state index contributed by atoms with van der Waals surface area (Å²) in [5.74, 6) is 0. The van der Waals surface area contributed by atoms with Gasteiger partial charge in [-0.15, -0.1) is 0 Å². The van der Waals surface area contributed by atoms with Gasteiger partial charge in [0.05, 0.1) is 0 Å². The van der Waals surface area contributed by atoms with E-state index in [4.69, 9.17) is 15.0 Å². The number of rotatable bonds is 1. The van der Waals surface area contributed by atoms with Crippen LogP contribution in [-0.4, -0.2) is 42.9 Å². The molecule has 2 rings (SSSR count).